The molecule has 1 aromatic carbocycles. The van der Waals surface area contributed by atoms with Crippen LogP contribution in [0.15, 0.2) is 18.2 Å². The highest BCUT2D eigenvalue weighted by atomic mass is 19.1. The lowest BCUT2D eigenvalue weighted by atomic mass is 9.98. The number of benzene rings is 1. The van der Waals surface area contributed by atoms with Crippen molar-refractivity contribution in [1.82, 2.24) is 0 Å². The fourth-order valence-electron chi connectivity index (χ4n) is 2.27. The van der Waals surface area contributed by atoms with E-state index < -0.39 is 6.04 Å². The number of ether oxygens (including phenoxy) is 2. The van der Waals surface area contributed by atoms with E-state index in [1.165, 1.54) is 7.11 Å². The molecule has 2 N–H and O–H groups in total. The summed E-state index contributed by atoms with van der Waals surface area (Å²) in [5.41, 5.74) is 6.64. The third-order valence-corrected chi connectivity index (χ3v) is 3.37. The van der Waals surface area contributed by atoms with Gasteiger partial charge in [-0.05, 0) is 31.7 Å². The van der Waals surface area contributed by atoms with E-state index in [1.807, 2.05) is 6.92 Å². The third-order valence-electron chi connectivity index (χ3n) is 3.37. The molecule has 0 amide bonds. The highest BCUT2D eigenvalue weighted by Gasteiger charge is 2.37. The van der Waals surface area contributed by atoms with E-state index in [4.69, 9.17) is 15.2 Å². The maximum absolute atomic E-state index is 14.1. The van der Waals surface area contributed by atoms with Gasteiger partial charge in [-0.3, -0.25) is 0 Å². The van der Waals surface area contributed by atoms with Gasteiger partial charge in [-0.15, -0.1) is 0 Å². The number of hydrogen-bond donors (Lipinski definition) is 1. The van der Waals surface area contributed by atoms with Gasteiger partial charge in [-0.25, -0.2) is 4.39 Å². The first-order valence-electron chi connectivity index (χ1n) is 6.38. The van der Waals surface area contributed by atoms with Crippen LogP contribution in [-0.2, 0) is 4.74 Å². The van der Waals surface area contributed by atoms with Crippen molar-refractivity contribution in [3.63, 3.8) is 0 Å². The van der Waals surface area contributed by atoms with Crippen LogP contribution in [-0.4, -0.2) is 19.8 Å². The maximum atomic E-state index is 14.1. The maximum Gasteiger partial charge on any atom is 0.169 e. The summed E-state index contributed by atoms with van der Waals surface area (Å²) in [5.74, 6) is 0.317. The van der Waals surface area contributed by atoms with Gasteiger partial charge in [0.25, 0.3) is 0 Å². The lowest BCUT2D eigenvalue weighted by Gasteiger charge is -2.24. The fraction of sp³-hybridized carbons (Fsp3) is 0.571. The second kappa shape index (κ2) is 5.67. The van der Waals surface area contributed by atoms with Gasteiger partial charge >= 0.3 is 0 Å². The predicted molar refractivity (Wildman–Crippen MR) is 68.0 cm³/mol. The first-order valence-corrected chi connectivity index (χ1v) is 6.38. The third kappa shape index (κ3) is 2.65. The van der Waals surface area contributed by atoms with Crippen molar-refractivity contribution in [2.24, 2.45) is 11.7 Å². The zero-order chi connectivity index (χ0) is 13.1. The minimum absolute atomic E-state index is 0.100. The zero-order valence-electron chi connectivity index (χ0n) is 10.9. The molecule has 18 heavy (non-hydrogen) atoms. The molecular formula is C14H20FNO2. The number of rotatable bonds is 6. The van der Waals surface area contributed by atoms with Crippen molar-refractivity contribution in [2.75, 3.05) is 13.7 Å². The van der Waals surface area contributed by atoms with Crippen LogP contribution in [0.2, 0.25) is 0 Å². The Bertz CT molecular complexity index is 407. The topological polar surface area (TPSA) is 44.5 Å². The van der Waals surface area contributed by atoms with E-state index in [0.29, 0.717) is 18.1 Å². The van der Waals surface area contributed by atoms with Gasteiger partial charge < -0.3 is 15.2 Å². The molecule has 0 aliphatic heterocycles. The molecule has 1 aliphatic rings. The molecule has 3 nitrogen and oxygen atoms in total. The van der Waals surface area contributed by atoms with Crippen LogP contribution < -0.4 is 10.5 Å². The molecule has 2 atom stereocenters. The summed E-state index contributed by atoms with van der Waals surface area (Å²) in [6, 6.07) is 4.62. The molecule has 4 heteroatoms. The van der Waals surface area contributed by atoms with Crippen LogP contribution >= 0.6 is 0 Å². The average molecular weight is 253 g/mol. The van der Waals surface area contributed by atoms with Crippen molar-refractivity contribution in [3.8, 4) is 5.75 Å². The van der Waals surface area contributed by atoms with Crippen LogP contribution in [0.25, 0.3) is 0 Å². The summed E-state index contributed by atoms with van der Waals surface area (Å²) in [4.78, 5) is 0. The summed E-state index contributed by atoms with van der Waals surface area (Å²) in [6.45, 7) is 2.53. The second-order valence-corrected chi connectivity index (χ2v) is 4.65. The second-order valence-electron chi connectivity index (χ2n) is 4.65. The molecule has 0 saturated heterocycles. The summed E-state index contributed by atoms with van der Waals surface area (Å²) < 4.78 is 24.8. The standard InChI is InChI=1S/C14H20FNO2/c1-3-18-14(9-7-8-9)13(16)10-5-4-6-11(17-2)12(10)15/h4-6,9,13-14H,3,7-8,16H2,1-2H3. The largest absolute Gasteiger partial charge is 0.494 e. The van der Waals surface area contributed by atoms with Crippen molar-refractivity contribution in [1.29, 1.82) is 0 Å². The Labute approximate surface area is 107 Å². The summed E-state index contributed by atoms with van der Waals surface area (Å²) in [7, 11) is 1.45. The SMILES string of the molecule is CCOC(C1CC1)C(N)c1cccc(OC)c1F. The zero-order valence-corrected chi connectivity index (χ0v) is 10.9. The Balaban J connectivity index is 2.23. The average Bonchev–Trinajstić information content (AvgIpc) is 3.20. The molecule has 1 saturated carbocycles. The monoisotopic (exact) mass is 253 g/mol. The lowest BCUT2D eigenvalue weighted by molar-refractivity contribution is 0.0274. The molecule has 100 valence electrons. The van der Waals surface area contributed by atoms with Gasteiger partial charge in [0.15, 0.2) is 11.6 Å². The van der Waals surface area contributed by atoms with Crippen LogP contribution in [0.5, 0.6) is 5.75 Å². The van der Waals surface area contributed by atoms with Crippen LogP contribution in [0, 0.1) is 11.7 Å². The lowest BCUT2D eigenvalue weighted by Crippen LogP contribution is -2.31. The number of halogens is 1. The molecule has 2 rings (SSSR count). The Morgan fingerprint density at radius 3 is 2.72 bits per heavy atom. The molecule has 1 aromatic rings. The van der Waals surface area contributed by atoms with E-state index in [9.17, 15) is 4.39 Å². The van der Waals surface area contributed by atoms with E-state index in [2.05, 4.69) is 0 Å². The van der Waals surface area contributed by atoms with Gasteiger partial charge in [0.05, 0.1) is 19.3 Å². The van der Waals surface area contributed by atoms with Crippen molar-refractivity contribution >= 4 is 0 Å². The Hall–Kier alpha value is -1.13. The summed E-state index contributed by atoms with van der Waals surface area (Å²) >= 11 is 0. The molecular weight excluding hydrogens is 233 g/mol. The first kappa shape index (κ1) is 13.3. The van der Waals surface area contributed by atoms with E-state index in [1.54, 1.807) is 18.2 Å². The first-order chi connectivity index (χ1) is 8.69. The summed E-state index contributed by atoms with van der Waals surface area (Å²) in [6.07, 6.45) is 2.13. The molecule has 0 radical (unpaired) electrons. The Morgan fingerprint density at radius 2 is 2.17 bits per heavy atom. The van der Waals surface area contributed by atoms with Gasteiger partial charge in [-0.2, -0.15) is 0 Å². The summed E-state index contributed by atoms with van der Waals surface area (Å²) in [5, 5.41) is 0. The number of methoxy groups -OCH3 is 1. The predicted octanol–water partition coefficient (Wildman–Crippen LogP) is 2.65. The normalized spacial score (nSPS) is 18.4. The minimum atomic E-state index is -0.437. The molecule has 0 aromatic heterocycles. The van der Waals surface area contributed by atoms with E-state index in [-0.39, 0.29) is 17.7 Å². The van der Waals surface area contributed by atoms with Crippen molar-refractivity contribution in [2.45, 2.75) is 31.9 Å². The van der Waals surface area contributed by atoms with Gasteiger partial charge in [0.1, 0.15) is 0 Å². The Kier molecular flexibility index (Phi) is 4.19. The molecule has 0 bridgehead atoms. The van der Waals surface area contributed by atoms with Crippen molar-refractivity contribution in [3.05, 3.63) is 29.6 Å². The van der Waals surface area contributed by atoms with Gasteiger partial charge in [-0.1, -0.05) is 12.1 Å². The quantitative estimate of drug-likeness (QED) is 0.847. The smallest absolute Gasteiger partial charge is 0.169 e. The molecule has 1 fully saturated rings. The van der Waals surface area contributed by atoms with E-state index >= 15 is 0 Å². The highest BCUT2D eigenvalue weighted by molar-refractivity contribution is 5.33. The molecule has 1 aliphatic carbocycles. The minimum Gasteiger partial charge on any atom is -0.494 e. The number of hydrogen-bond acceptors (Lipinski definition) is 3. The Morgan fingerprint density at radius 1 is 1.44 bits per heavy atom. The van der Waals surface area contributed by atoms with Crippen LogP contribution in [0.1, 0.15) is 31.4 Å². The van der Waals surface area contributed by atoms with Gasteiger partial charge in [0.2, 0.25) is 0 Å². The van der Waals surface area contributed by atoms with Gasteiger partial charge in [0, 0.05) is 12.2 Å². The highest BCUT2D eigenvalue weighted by Crippen LogP contribution is 2.40. The molecule has 0 spiro atoms. The van der Waals surface area contributed by atoms with Crippen LogP contribution in [0.3, 0.4) is 0 Å². The fourth-order valence-corrected chi connectivity index (χ4v) is 2.27. The molecule has 2 unspecified atom stereocenters. The van der Waals surface area contributed by atoms with Crippen molar-refractivity contribution < 1.29 is 13.9 Å². The van der Waals surface area contributed by atoms with E-state index in [0.717, 1.165) is 12.8 Å². The molecule has 0 heterocycles. The van der Waals surface area contributed by atoms with Crippen LogP contribution in [0.4, 0.5) is 4.39 Å². The number of nitrogens with two attached hydrogens (primary N) is 1.